The molecule has 1 aliphatic heterocycles. The Morgan fingerprint density at radius 2 is 2.33 bits per heavy atom. The van der Waals surface area contributed by atoms with Gasteiger partial charge in [0.25, 0.3) is 0 Å². The molecule has 1 heterocycles. The molecule has 1 rings (SSSR count). The summed E-state index contributed by atoms with van der Waals surface area (Å²) >= 11 is 0. The van der Waals surface area contributed by atoms with E-state index in [1.807, 2.05) is 0 Å². The molecule has 0 saturated carbocycles. The van der Waals surface area contributed by atoms with Crippen molar-refractivity contribution in [3.63, 3.8) is 0 Å². The summed E-state index contributed by atoms with van der Waals surface area (Å²) in [5.74, 6) is 0. The molecule has 2 N–H and O–H groups in total. The first-order chi connectivity index (χ1) is 7.22. The minimum Gasteiger partial charge on any atom is -0.450 e. The highest BCUT2D eigenvalue weighted by atomic mass is 16.5. The van der Waals surface area contributed by atoms with Crippen LogP contribution < -0.4 is 10.6 Å². The Kier molecular flexibility index (Phi) is 5.47. The van der Waals surface area contributed by atoms with E-state index in [2.05, 4.69) is 24.5 Å². The predicted molar refractivity (Wildman–Crippen MR) is 59.9 cm³/mol. The normalized spacial score (nSPS) is 26.0. The van der Waals surface area contributed by atoms with E-state index in [0.717, 1.165) is 32.2 Å². The van der Waals surface area contributed by atoms with Gasteiger partial charge in [0.05, 0.1) is 6.61 Å². The number of piperidine rings is 1. The second kappa shape index (κ2) is 6.67. The molecular formula is C11H22N2O2. The summed E-state index contributed by atoms with van der Waals surface area (Å²) in [4.78, 5) is 11.3. The lowest BCUT2D eigenvalue weighted by molar-refractivity contribution is 0.137. The highest BCUT2D eigenvalue weighted by Gasteiger charge is 2.19. The number of alkyl carbamates (subject to hydrolysis) is 1. The van der Waals surface area contributed by atoms with Crippen LogP contribution >= 0.6 is 0 Å². The maximum atomic E-state index is 11.3. The van der Waals surface area contributed by atoms with Gasteiger partial charge in [0.2, 0.25) is 0 Å². The summed E-state index contributed by atoms with van der Waals surface area (Å²) in [5, 5.41) is 6.21. The molecule has 2 atom stereocenters. The van der Waals surface area contributed by atoms with Crippen LogP contribution in [0.1, 0.15) is 39.5 Å². The lowest BCUT2D eigenvalue weighted by Gasteiger charge is -2.27. The molecule has 0 radical (unpaired) electrons. The average Bonchev–Trinajstić information content (AvgIpc) is 2.22. The van der Waals surface area contributed by atoms with Gasteiger partial charge >= 0.3 is 6.09 Å². The van der Waals surface area contributed by atoms with Crippen LogP contribution in [0.25, 0.3) is 0 Å². The topological polar surface area (TPSA) is 50.4 Å². The van der Waals surface area contributed by atoms with E-state index in [4.69, 9.17) is 4.74 Å². The van der Waals surface area contributed by atoms with Crippen LogP contribution in [0.2, 0.25) is 0 Å². The largest absolute Gasteiger partial charge is 0.450 e. The van der Waals surface area contributed by atoms with Gasteiger partial charge < -0.3 is 15.4 Å². The smallest absolute Gasteiger partial charge is 0.407 e. The van der Waals surface area contributed by atoms with E-state index in [0.29, 0.717) is 12.6 Å². The molecule has 1 aliphatic rings. The molecule has 0 aromatic rings. The number of hydrogen-bond acceptors (Lipinski definition) is 3. The molecule has 0 aliphatic carbocycles. The summed E-state index contributed by atoms with van der Waals surface area (Å²) in [7, 11) is 0. The van der Waals surface area contributed by atoms with Crippen molar-refractivity contribution in [3.8, 4) is 0 Å². The lowest BCUT2D eigenvalue weighted by Crippen LogP contribution is -2.48. The standard InChI is InChI=1S/C11H22N2O2/c1-3-4-7-15-11(14)13-10-6-5-9(2)12-8-10/h9-10,12H,3-8H2,1-2H3,(H,13,14)/t9-,10+/m0/s1. The Morgan fingerprint density at radius 3 is 2.93 bits per heavy atom. The maximum Gasteiger partial charge on any atom is 0.407 e. The zero-order valence-electron chi connectivity index (χ0n) is 9.71. The van der Waals surface area contributed by atoms with Crippen LogP contribution in [0.5, 0.6) is 0 Å². The highest BCUT2D eigenvalue weighted by Crippen LogP contribution is 2.07. The van der Waals surface area contributed by atoms with Crippen molar-refractivity contribution in [2.24, 2.45) is 0 Å². The zero-order chi connectivity index (χ0) is 11.1. The third-order valence-electron chi connectivity index (χ3n) is 2.71. The number of amides is 1. The summed E-state index contributed by atoms with van der Waals surface area (Å²) in [6, 6.07) is 0.800. The average molecular weight is 214 g/mol. The third-order valence-corrected chi connectivity index (χ3v) is 2.71. The highest BCUT2D eigenvalue weighted by molar-refractivity contribution is 5.67. The van der Waals surface area contributed by atoms with Crippen molar-refractivity contribution in [2.75, 3.05) is 13.2 Å². The lowest BCUT2D eigenvalue weighted by atomic mass is 10.0. The summed E-state index contributed by atoms with van der Waals surface area (Å²) in [6.07, 6.45) is 3.87. The first-order valence-corrected chi connectivity index (χ1v) is 5.89. The minimum absolute atomic E-state index is 0.232. The summed E-state index contributed by atoms with van der Waals surface area (Å²) < 4.78 is 5.03. The first-order valence-electron chi connectivity index (χ1n) is 5.89. The van der Waals surface area contributed by atoms with Gasteiger partial charge in [0.1, 0.15) is 0 Å². The fourth-order valence-corrected chi connectivity index (χ4v) is 1.64. The van der Waals surface area contributed by atoms with Crippen LogP contribution in [0.15, 0.2) is 0 Å². The van der Waals surface area contributed by atoms with Gasteiger partial charge in [0.15, 0.2) is 0 Å². The molecular weight excluding hydrogens is 192 g/mol. The molecule has 1 amide bonds. The van der Waals surface area contributed by atoms with Crippen LogP contribution in [0.3, 0.4) is 0 Å². The first kappa shape index (κ1) is 12.3. The van der Waals surface area contributed by atoms with Gasteiger partial charge in [0, 0.05) is 18.6 Å². The predicted octanol–water partition coefficient (Wildman–Crippen LogP) is 1.65. The van der Waals surface area contributed by atoms with Crippen molar-refractivity contribution >= 4 is 6.09 Å². The Balaban J connectivity index is 2.09. The van der Waals surface area contributed by atoms with Gasteiger partial charge in [-0.15, -0.1) is 0 Å². The fourth-order valence-electron chi connectivity index (χ4n) is 1.64. The number of rotatable bonds is 4. The number of nitrogens with one attached hydrogen (secondary N) is 2. The fraction of sp³-hybridized carbons (Fsp3) is 0.909. The summed E-state index contributed by atoms with van der Waals surface area (Å²) in [5.41, 5.74) is 0. The van der Waals surface area contributed by atoms with Crippen molar-refractivity contribution in [2.45, 2.75) is 51.6 Å². The third kappa shape index (κ3) is 5.02. The van der Waals surface area contributed by atoms with Gasteiger partial charge in [-0.3, -0.25) is 0 Å². The van der Waals surface area contributed by atoms with Gasteiger partial charge in [-0.1, -0.05) is 13.3 Å². The second-order valence-corrected chi connectivity index (χ2v) is 4.22. The Hall–Kier alpha value is -0.770. The number of carbonyl (C=O) groups excluding carboxylic acids is 1. The zero-order valence-corrected chi connectivity index (χ0v) is 9.71. The number of hydrogen-bond donors (Lipinski definition) is 2. The van der Waals surface area contributed by atoms with Crippen molar-refractivity contribution in [3.05, 3.63) is 0 Å². The van der Waals surface area contributed by atoms with E-state index in [1.54, 1.807) is 0 Å². The molecule has 4 heteroatoms. The van der Waals surface area contributed by atoms with Gasteiger partial charge in [-0.25, -0.2) is 4.79 Å². The molecule has 0 spiro atoms. The van der Waals surface area contributed by atoms with Crippen LogP contribution in [0, 0.1) is 0 Å². The molecule has 88 valence electrons. The van der Waals surface area contributed by atoms with E-state index in [1.165, 1.54) is 0 Å². The molecule has 0 aromatic carbocycles. The summed E-state index contributed by atoms with van der Waals surface area (Å²) in [6.45, 7) is 5.62. The molecule has 1 saturated heterocycles. The maximum absolute atomic E-state index is 11.3. The Morgan fingerprint density at radius 1 is 1.53 bits per heavy atom. The van der Waals surface area contributed by atoms with Crippen molar-refractivity contribution < 1.29 is 9.53 Å². The van der Waals surface area contributed by atoms with Crippen LogP contribution in [-0.4, -0.2) is 31.3 Å². The molecule has 4 nitrogen and oxygen atoms in total. The van der Waals surface area contributed by atoms with E-state index in [-0.39, 0.29) is 12.1 Å². The monoisotopic (exact) mass is 214 g/mol. The van der Waals surface area contributed by atoms with Crippen molar-refractivity contribution in [1.29, 1.82) is 0 Å². The molecule has 0 bridgehead atoms. The second-order valence-electron chi connectivity index (χ2n) is 4.22. The number of ether oxygens (including phenoxy) is 1. The molecule has 0 unspecified atom stereocenters. The van der Waals surface area contributed by atoms with E-state index >= 15 is 0 Å². The quantitative estimate of drug-likeness (QED) is 0.700. The Labute approximate surface area is 91.8 Å². The van der Waals surface area contributed by atoms with Crippen molar-refractivity contribution in [1.82, 2.24) is 10.6 Å². The molecule has 15 heavy (non-hydrogen) atoms. The van der Waals surface area contributed by atoms with Gasteiger partial charge in [-0.2, -0.15) is 0 Å². The van der Waals surface area contributed by atoms with Crippen LogP contribution in [-0.2, 0) is 4.74 Å². The SMILES string of the molecule is CCCCOC(=O)N[C@@H]1CC[C@H](C)NC1. The number of unbranched alkanes of at least 4 members (excludes halogenated alkanes) is 1. The molecule has 1 fully saturated rings. The van der Waals surface area contributed by atoms with E-state index in [9.17, 15) is 4.79 Å². The van der Waals surface area contributed by atoms with E-state index < -0.39 is 0 Å². The van der Waals surface area contributed by atoms with Gasteiger partial charge in [-0.05, 0) is 26.2 Å². The molecule has 0 aromatic heterocycles. The number of carbonyl (C=O) groups is 1. The Bertz CT molecular complexity index is 189. The minimum atomic E-state index is -0.273. The van der Waals surface area contributed by atoms with Crippen LogP contribution in [0.4, 0.5) is 4.79 Å².